The highest BCUT2D eigenvalue weighted by molar-refractivity contribution is 5.74. The highest BCUT2D eigenvalue weighted by atomic mass is 19.1. The number of nitrogens with one attached hydrogen (secondary N) is 1. The molecule has 7 heterocycles. The van der Waals surface area contributed by atoms with Crippen LogP contribution in [-0.4, -0.2) is 85.2 Å². The van der Waals surface area contributed by atoms with Crippen molar-refractivity contribution in [1.82, 2.24) is 39.2 Å². The third-order valence-corrected chi connectivity index (χ3v) is 10.1. The number of hydrogen-bond donors (Lipinski definition) is 2. The van der Waals surface area contributed by atoms with E-state index in [1.165, 1.54) is 30.5 Å². The smallest absolute Gasteiger partial charge is 0.251 e. The van der Waals surface area contributed by atoms with Gasteiger partial charge in [0.15, 0.2) is 0 Å². The molecule has 0 radical (unpaired) electrons. The molecule has 0 atom stereocenters. The zero-order valence-electron chi connectivity index (χ0n) is 29.7. The van der Waals surface area contributed by atoms with Gasteiger partial charge in [-0.3, -0.25) is 24.5 Å². The number of aryl methyl sites for hydroxylation is 2. The van der Waals surface area contributed by atoms with E-state index in [4.69, 9.17) is 5.73 Å². The molecule has 0 unspecified atom stereocenters. The molecule has 7 rings (SSSR count). The summed E-state index contributed by atoms with van der Waals surface area (Å²) in [5.41, 5.74) is 10.1. The van der Waals surface area contributed by atoms with Gasteiger partial charge in [0.05, 0.1) is 40.2 Å². The first-order valence-corrected chi connectivity index (χ1v) is 17.9. The van der Waals surface area contributed by atoms with Gasteiger partial charge in [0.1, 0.15) is 17.5 Å². The summed E-state index contributed by atoms with van der Waals surface area (Å²) in [6, 6.07) is 11.2. The van der Waals surface area contributed by atoms with Crippen molar-refractivity contribution in [3.63, 3.8) is 0 Å². The molecule has 2 fully saturated rings. The van der Waals surface area contributed by atoms with Crippen LogP contribution in [0.3, 0.4) is 0 Å². The lowest BCUT2D eigenvalue weighted by Gasteiger charge is -2.32. The lowest BCUT2D eigenvalue weighted by atomic mass is 10.0. The van der Waals surface area contributed by atoms with Gasteiger partial charge < -0.3 is 30.0 Å². The number of halogens is 3. The molecule has 0 spiro atoms. The van der Waals surface area contributed by atoms with Crippen LogP contribution in [0.5, 0.6) is 0 Å². The fraction of sp³-hybridized carbons (Fsp3) is 0.447. The molecule has 0 amide bonds. The maximum Gasteiger partial charge on any atom is 0.251 e. The highest BCUT2D eigenvalue weighted by Gasteiger charge is 2.20. The first kappa shape index (κ1) is 37.3. The van der Waals surface area contributed by atoms with Crippen molar-refractivity contribution in [2.24, 2.45) is 5.73 Å². The van der Waals surface area contributed by atoms with E-state index in [0.29, 0.717) is 66.0 Å². The number of nitrogens with two attached hydrogens (primary N) is 1. The average molecular weight is 718 g/mol. The van der Waals surface area contributed by atoms with E-state index < -0.39 is 11.6 Å². The molecule has 2 aliphatic rings. The zero-order valence-corrected chi connectivity index (χ0v) is 29.7. The summed E-state index contributed by atoms with van der Waals surface area (Å²) in [4.78, 5) is 41.3. The molecule has 0 aromatic carbocycles. The average Bonchev–Trinajstić information content (AvgIpc) is 3.13. The molecule has 11 nitrogen and oxygen atoms in total. The van der Waals surface area contributed by atoms with Gasteiger partial charge in [-0.2, -0.15) is 0 Å². The van der Waals surface area contributed by atoms with E-state index >= 15 is 0 Å². The Morgan fingerprint density at radius 1 is 0.712 bits per heavy atom. The second-order valence-corrected chi connectivity index (χ2v) is 13.7. The number of pyridine rings is 5. The minimum Gasteiger partial charge on any atom is -0.328 e. The number of rotatable bonds is 9. The predicted octanol–water partition coefficient (Wildman–Crippen LogP) is 3.90. The number of aromatic nitrogens is 5. The molecular formula is C38H46F3N9O2. The van der Waals surface area contributed by atoms with E-state index in [9.17, 15) is 22.8 Å². The Bertz CT molecular complexity index is 2120. The van der Waals surface area contributed by atoms with Crippen molar-refractivity contribution in [2.45, 2.75) is 71.2 Å². The lowest BCUT2D eigenvalue weighted by molar-refractivity contribution is 0.191. The Morgan fingerprint density at radius 2 is 1.21 bits per heavy atom. The van der Waals surface area contributed by atoms with Crippen LogP contribution in [0.15, 0.2) is 64.4 Å². The first-order chi connectivity index (χ1) is 25.0. The Morgan fingerprint density at radius 3 is 1.73 bits per heavy atom. The summed E-state index contributed by atoms with van der Waals surface area (Å²) in [5.74, 6) is -1.14. The summed E-state index contributed by atoms with van der Waals surface area (Å²) in [5, 5.41) is 3.52. The molecule has 0 bridgehead atoms. The topological polar surface area (TPSA) is 127 Å². The molecule has 2 saturated heterocycles. The van der Waals surface area contributed by atoms with E-state index in [0.717, 1.165) is 75.9 Å². The number of hydrogen-bond acceptors (Lipinski definition) is 9. The largest absolute Gasteiger partial charge is 0.328 e. The molecule has 3 N–H and O–H groups in total. The van der Waals surface area contributed by atoms with Crippen LogP contribution >= 0.6 is 0 Å². The summed E-state index contributed by atoms with van der Waals surface area (Å²) in [6.07, 6.45) is 6.25. The van der Waals surface area contributed by atoms with E-state index in [1.54, 1.807) is 34.3 Å². The normalized spacial score (nSPS) is 16.3. The predicted molar refractivity (Wildman–Crippen MR) is 196 cm³/mol. The zero-order chi connectivity index (χ0) is 36.8. The van der Waals surface area contributed by atoms with Crippen LogP contribution in [-0.2, 0) is 19.6 Å². The Kier molecular flexibility index (Phi) is 12.1. The van der Waals surface area contributed by atoms with Gasteiger partial charge in [0.2, 0.25) is 0 Å². The minimum absolute atomic E-state index is 0.122. The molecule has 276 valence electrons. The molecule has 0 aliphatic carbocycles. The number of nitrogens with zero attached hydrogens (tertiary/aromatic N) is 7. The van der Waals surface area contributed by atoms with Crippen LogP contribution in [0.25, 0.3) is 22.1 Å². The molecule has 0 saturated carbocycles. The summed E-state index contributed by atoms with van der Waals surface area (Å²) in [6.45, 7) is 10.4. The molecule has 5 aromatic heterocycles. The molecule has 5 aromatic rings. The molecule has 52 heavy (non-hydrogen) atoms. The Balaban J connectivity index is 0.000000192. The molecule has 2 aliphatic heterocycles. The van der Waals surface area contributed by atoms with Crippen LogP contribution in [0, 0.1) is 31.3 Å². The van der Waals surface area contributed by atoms with Crippen molar-refractivity contribution in [1.29, 1.82) is 0 Å². The highest BCUT2D eigenvalue weighted by Crippen LogP contribution is 2.16. The third-order valence-electron chi connectivity index (χ3n) is 10.1. The standard InChI is InChI=1S/C23H27F2N5O.C15H19FN4O/c1-15-17(11-20(25)16(2)28-15)13-26-19-5-7-29(8-6-19)9-10-30-22-12-18(24)14-27-21(22)3-4-23(30)31;16-11-9-14-13(18-10-11)1-2-15(21)20(14)8-7-19-5-3-12(17)4-6-19/h3-4,11-12,14,19,26H,5-10,13H2,1-2H3;1-2,9-10,12H,3-8,17H2. The number of piperidine rings is 2. The van der Waals surface area contributed by atoms with Crippen molar-refractivity contribution < 1.29 is 13.2 Å². The number of fused-ring (bicyclic) bond motifs is 2. The molecule has 14 heteroatoms. The molecular weight excluding hydrogens is 671 g/mol. The van der Waals surface area contributed by atoms with Gasteiger partial charge in [-0.05, 0) is 89.5 Å². The lowest BCUT2D eigenvalue weighted by Crippen LogP contribution is -2.43. The van der Waals surface area contributed by atoms with Gasteiger partial charge in [-0.1, -0.05) is 0 Å². The monoisotopic (exact) mass is 717 g/mol. The fourth-order valence-electron chi connectivity index (χ4n) is 6.94. The summed E-state index contributed by atoms with van der Waals surface area (Å²) < 4.78 is 44.0. The van der Waals surface area contributed by atoms with Crippen LogP contribution in [0.1, 0.15) is 42.6 Å². The van der Waals surface area contributed by atoms with E-state index in [2.05, 4.69) is 30.1 Å². The Labute approximate surface area is 300 Å². The van der Waals surface area contributed by atoms with Crippen molar-refractivity contribution in [3.8, 4) is 0 Å². The quantitative estimate of drug-likeness (QED) is 0.234. The Hall–Kier alpha value is -4.50. The van der Waals surface area contributed by atoms with E-state index in [-0.39, 0.29) is 16.9 Å². The van der Waals surface area contributed by atoms with Crippen molar-refractivity contribution in [2.75, 3.05) is 39.3 Å². The van der Waals surface area contributed by atoms with Gasteiger partial charge in [0, 0.05) is 74.8 Å². The van der Waals surface area contributed by atoms with Gasteiger partial charge in [0.25, 0.3) is 11.1 Å². The summed E-state index contributed by atoms with van der Waals surface area (Å²) in [7, 11) is 0. The van der Waals surface area contributed by atoms with Gasteiger partial charge in [-0.15, -0.1) is 0 Å². The SMILES string of the molecule is Cc1nc(C)c(CNC2CCN(CCn3c(=O)ccc4ncc(F)cc43)CC2)cc1F.NC1CCN(CCn2c(=O)ccc3ncc(F)cc32)CC1. The second kappa shape index (κ2) is 16.9. The third kappa shape index (κ3) is 9.29. The first-order valence-electron chi connectivity index (χ1n) is 17.9. The van der Waals surface area contributed by atoms with Crippen LogP contribution < -0.4 is 22.2 Å². The fourth-order valence-corrected chi connectivity index (χ4v) is 6.94. The van der Waals surface area contributed by atoms with E-state index in [1.807, 2.05) is 6.92 Å². The summed E-state index contributed by atoms with van der Waals surface area (Å²) >= 11 is 0. The van der Waals surface area contributed by atoms with Gasteiger partial charge in [-0.25, -0.2) is 13.2 Å². The maximum atomic E-state index is 13.8. The maximum absolute atomic E-state index is 13.8. The van der Waals surface area contributed by atoms with Crippen LogP contribution in [0.4, 0.5) is 13.2 Å². The van der Waals surface area contributed by atoms with Crippen molar-refractivity contribution >= 4 is 22.1 Å². The minimum atomic E-state index is -0.447. The van der Waals surface area contributed by atoms with Gasteiger partial charge >= 0.3 is 0 Å². The van der Waals surface area contributed by atoms with Crippen LogP contribution in [0.2, 0.25) is 0 Å². The number of likely N-dealkylation sites (tertiary alicyclic amines) is 2. The second-order valence-electron chi connectivity index (χ2n) is 13.7. The van der Waals surface area contributed by atoms with Crippen molar-refractivity contribution in [3.05, 3.63) is 110 Å².